The maximum atomic E-state index is 11.8. The van der Waals surface area contributed by atoms with Crippen molar-refractivity contribution in [1.82, 2.24) is 30.4 Å². The van der Waals surface area contributed by atoms with Crippen molar-refractivity contribution in [2.75, 3.05) is 46.9 Å². The number of nitrogens with one attached hydrogen (secondary N) is 2. The number of carbonyl (C=O) groups is 2. The van der Waals surface area contributed by atoms with Crippen LogP contribution in [0.2, 0.25) is 10.0 Å². The minimum Gasteiger partial charge on any atom is -0.481 e. The van der Waals surface area contributed by atoms with Crippen molar-refractivity contribution >= 4 is 35.0 Å². The summed E-state index contributed by atoms with van der Waals surface area (Å²) >= 11 is 14.5. The first-order chi connectivity index (χ1) is 26.1. The van der Waals surface area contributed by atoms with Crippen molar-refractivity contribution in [2.24, 2.45) is 5.41 Å². The maximum absolute atomic E-state index is 11.8. The molecule has 2 N–H and O–H groups in total. The van der Waals surface area contributed by atoms with Crippen LogP contribution in [-0.2, 0) is 22.4 Å². The third-order valence-electron chi connectivity index (χ3n) is 12.2. The largest absolute Gasteiger partial charge is 0.481 e. The summed E-state index contributed by atoms with van der Waals surface area (Å²) in [7, 11) is 3.35. The van der Waals surface area contributed by atoms with Crippen molar-refractivity contribution in [3.63, 3.8) is 0 Å². The molecule has 2 aromatic carbocycles. The lowest BCUT2D eigenvalue weighted by Crippen LogP contribution is -2.72. The lowest BCUT2D eigenvalue weighted by atomic mass is 9.72. The van der Waals surface area contributed by atoms with Gasteiger partial charge in [0.2, 0.25) is 23.6 Å². The van der Waals surface area contributed by atoms with Gasteiger partial charge in [-0.15, -0.1) is 0 Å². The molecule has 4 aromatic rings. The second-order valence-corrected chi connectivity index (χ2v) is 16.4. The van der Waals surface area contributed by atoms with Crippen LogP contribution in [0.15, 0.2) is 48.5 Å². The highest BCUT2D eigenvalue weighted by Crippen LogP contribution is 2.51. The summed E-state index contributed by atoms with van der Waals surface area (Å²) in [4.78, 5) is 38.0. The number of amides is 2. The summed E-state index contributed by atoms with van der Waals surface area (Å²) in [6.07, 6.45) is 5.20. The molecular formula is C42H44Cl2N6O4. The van der Waals surface area contributed by atoms with E-state index < -0.39 is 0 Å². The van der Waals surface area contributed by atoms with E-state index in [2.05, 4.69) is 27.7 Å². The van der Waals surface area contributed by atoms with Crippen LogP contribution in [0.1, 0.15) is 66.9 Å². The fourth-order valence-electron chi connectivity index (χ4n) is 9.56. The van der Waals surface area contributed by atoms with Gasteiger partial charge in [-0.1, -0.05) is 59.6 Å². The standard InChI is InChI=1S/C42H44Cl2N6O4/c1-23(51)49-19-42(20-49)21-50(22-42)34-14-11-25-17-33(48-41(54-3)37(25)34)30-9-5-7-28(39(30)44)27-6-4-8-29(38(27)43)32-16-24-10-13-31(36(24)40(47-32)53-2)45-18-26-12-15-35(52)46-26/h4-9,16-17,26,31,34,45H,10-15,18-22H2,1-3H3,(H,46,52). The molecule has 5 aliphatic rings. The van der Waals surface area contributed by atoms with E-state index in [-0.39, 0.29) is 35.4 Å². The van der Waals surface area contributed by atoms with Gasteiger partial charge in [-0.2, -0.15) is 0 Å². The van der Waals surface area contributed by atoms with E-state index in [0.717, 1.165) is 97.5 Å². The topological polar surface area (TPSA) is 109 Å². The Morgan fingerprint density at radius 3 is 1.98 bits per heavy atom. The Hall–Kier alpha value is -4.22. The van der Waals surface area contributed by atoms with E-state index in [4.69, 9.17) is 42.6 Å². The van der Waals surface area contributed by atoms with E-state index >= 15 is 0 Å². The third-order valence-corrected chi connectivity index (χ3v) is 13.0. The van der Waals surface area contributed by atoms with Gasteiger partial charge in [-0.3, -0.25) is 14.5 Å². The summed E-state index contributed by atoms with van der Waals surface area (Å²) < 4.78 is 11.8. The highest BCUT2D eigenvalue weighted by molar-refractivity contribution is 6.39. The van der Waals surface area contributed by atoms with E-state index in [9.17, 15) is 9.59 Å². The Morgan fingerprint density at radius 1 is 0.833 bits per heavy atom. The van der Waals surface area contributed by atoms with Crippen LogP contribution in [-0.4, -0.2) is 84.6 Å². The van der Waals surface area contributed by atoms with Gasteiger partial charge in [0, 0.05) is 103 Å². The first-order valence-corrected chi connectivity index (χ1v) is 19.7. The predicted molar refractivity (Wildman–Crippen MR) is 209 cm³/mol. The number of methoxy groups -OCH3 is 2. The number of hydrogen-bond acceptors (Lipinski definition) is 8. The smallest absolute Gasteiger partial charge is 0.220 e. The van der Waals surface area contributed by atoms with Crippen LogP contribution in [0, 0.1) is 5.41 Å². The molecule has 280 valence electrons. The summed E-state index contributed by atoms with van der Waals surface area (Å²) in [5, 5.41) is 7.81. The van der Waals surface area contributed by atoms with Crippen LogP contribution in [0.4, 0.5) is 0 Å². The van der Waals surface area contributed by atoms with Gasteiger partial charge >= 0.3 is 0 Å². The number of aryl methyl sites for hydroxylation is 2. The summed E-state index contributed by atoms with van der Waals surface area (Å²) in [6, 6.07) is 16.7. The molecule has 0 radical (unpaired) electrons. The van der Waals surface area contributed by atoms with E-state index in [1.807, 2.05) is 41.3 Å². The van der Waals surface area contributed by atoms with Crippen molar-refractivity contribution < 1.29 is 19.1 Å². The van der Waals surface area contributed by atoms with Crippen LogP contribution >= 0.6 is 23.2 Å². The molecule has 3 unspecified atom stereocenters. The van der Waals surface area contributed by atoms with Crippen molar-refractivity contribution in [1.29, 1.82) is 0 Å². The number of ether oxygens (including phenoxy) is 2. The molecule has 54 heavy (non-hydrogen) atoms. The maximum Gasteiger partial charge on any atom is 0.220 e. The quantitative estimate of drug-likeness (QED) is 0.192. The van der Waals surface area contributed by atoms with Gasteiger partial charge in [-0.05, 0) is 55.4 Å². The normalized spacial score (nSPS) is 22.4. The Labute approximate surface area is 325 Å². The van der Waals surface area contributed by atoms with E-state index in [0.29, 0.717) is 34.8 Å². The number of likely N-dealkylation sites (tertiary alicyclic amines) is 2. The highest BCUT2D eigenvalue weighted by Gasteiger charge is 2.55. The molecular weight excluding hydrogens is 723 g/mol. The molecule has 12 heteroatoms. The number of rotatable bonds is 9. The third kappa shape index (κ3) is 6.02. The zero-order chi connectivity index (χ0) is 37.3. The molecule has 5 heterocycles. The minimum absolute atomic E-state index is 0.102. The predicted octanol–water partition coefficient (Wildman–Crippen LogP) is 6.81. The van der Waals surface area contributed by atoms with Crippen molar-refractivity contribution in [2.45, 2.75) is 63.6 Å². The Bertz CT molecular complexity index is 2180. The van der Waals surface area contributed by atoms with E-state index in [1.54, 1.807) is 21.1 Å². The van der Waals surface area contributed by atoms with Crippen LogP contribution < -0.4 is 20.1 Å². The molecule has 9 rings (SSSR count). The molecule has 0 saturated carbocycles. The molecule has 2 amide bonds. The number of fused-ring (bicyclic) bond motifs is 2. The first kappa shape index (κ1) is 35.5. The number of benzene rings is 2. The van der Waals surface area contributed by atoms with Crippen LogP contribution in [0.3, 0.4) is 0 Å². The SMILES string of the molecule is COc1nc(-c2cccc(-c3cccc(-c4cc5c(c(OC)n4)C(N4CC6(CN(C(C)=O)C6)C4)CC5)c3Cl)c2Cl)cc2c1C(NCC1CCC(=O)N1)CC2. The number of nitrogens with zero attached hydrogens (tertiary/aromatic N) is 4. The van der Waals surface area contributed by atoms with Gasteiger partial charge in [0.25, 0.3) is 0 Å². The summed E-state index contributed by atoms with van der Waals surface area (Å²) in [5.41, 5.74) is 9.64. The molecule has 0 bridgehead atoms. The number of hydrogen-bond donors (Lipinski definition) is 2. The zero-order valence-electron chi connectivity index (χ0n) is 30.8. The van der Waals surface area contributed by atoms with Gasteiger partial charge in [0.15, 0.2) is 0 Å². The van der Waals surface area contributed by atoms with Crippen LogP contribution in [0.25, 0.3) is 33.6 Å². The Kier molecular flexibility index (Phi) is 9.08. The summed E-state index contributed by atoms with van der Waals surface area (Å²) in [5.74, 6) is 1.51. The van der Waals surface area contributed by atoms with Gasteiger partial charge in [0.05, 0.1) is 35.7 Å². The molecule has 10 nitrogen and oxygen atoms in total. The fourth-order valence-corrected chi connectivity index (χ4v) is 10.2. The lowest BCUT2D eigenvalue weighted by Gasteiger charge is -2.61. The zero-order valence-corrected chi connectivity index (χ0v) is 32.3. The Morgan fingerprint density at radius 2 is 1.41 bits per heavy atom. The average molecular weight is 768 g/mol. The van der Waals surface area contributed by atoms with Crippen molar-refractivity contribution in [3.8, 4) is 45.4 Å². The molecule has 3 aliphatic heterocycles. The Balaban J connectivity index is 0.980. The number of halogens is 2. The highest BCUT2D eigenvalue weighted by atomic mass is 35.5. The minimum atomic E-state index is 0.102. The summed E-state index contributed by atoms with van der Waals surface area (Å²) in [6.45, 7) is 6.06. The first-order valence-electron chi connectivity index (χ1n) is 18.9. The molecule has 3 atom stereocenters. The molecule has 2 aromatic heterocycles. The monoisotopic (exact) mass is 766 g/mol. The van der Waals surface area contributed by atoms with Crippen LogP contribution in [0.5, 0.6) is 11.8 Å². The molecule has 2 aliphatic carbocycles. The second-order valence-electron chi connectivity index (χ2n) is 15.7. The lowest BCUT2D eigenvalue weighted by molar-refractivity contribution is -0.161. The average Bonchev–Trinajstić information content (AvgIpc) is 3.87. The fraction of sp³-hybridized carbons (Fsp3) is 0.429. The number of aromatic nitrogens is 2. The van der Waals surface area contributed by atoms with Gasteiger partial charge < -0.3 is 25.0 Å². The van der Waals surface area contributed by atoms with Gasteiger partial charge in [-0.25, -0.2) is 9.97 Å². The second kappa shape index (κ2) is 13.8. The van der Waals surface area contributed by atoms with Gasteiger partial charge in [0.1, 0.15) is 0 Å². The number of carbonyl (C=O) groups excluding carboxylic acids is 2. The molecule has 3 saturated heterocycles. The van der Waals surface area contributed by atoms with Crippen molar-refractivity contribution in [3.05, 3.63) is 80.8 Å². The number of pyridine rings is 2. The van der Waals surface area contributed by atoms with E-state index in [1.165, 1.54) is 16.7 Å². The molecule has 3 fully saturated rings. The molecule has 1 spiro atoms.